The lowest BCUT2D eigenvalue weighted by molar-refractivity contribution is 1.10. The highest BCUT2D eigenvalue weighted by Crippen LogP contribution is 2.35. The number of benzene rings is 7. The molecule has 216 valence electrons. The average molecular weight is 588 g/mol. The van der Waals surface area contributed by atoms with Crippen molar-refractivity contribution in [2.24, 2.45) is 0 Å². The molecule has 9 rings (SSSR count). The second-order valence-corrected chi connectivity index (χ2v) is 11.7. The van der Waals surface area contributed by atoms with E-state index in [0.29, 0.717) is 0 Å². The van der Waals surface area contributed by atoms with Crippen molar-refractivity contribution in [2.75, 3.05) is 0 Å². The van der Waals surface area contributed by atoms with Crippen LogP contribution in [-0.2, 0) is 0 Å². The van der Waals surface area contributed by atoms with Crippen molar-refractivity contribution >= 4 is 32.8 Å². The Balaban J connectivity index is 1.14. The van der Waals surface area contributed by atoms with Crippen LogP contribution in [0.5, 0.6) is 0 Å². The van der Waals surface area contributed by atoms with Crippen LogP contribution in [0.4, 0.5) is 0 Å². The molecule has 2 aromatic heterocycles. The fraction of sp³-hybridized carbons (Fsp3) is 0. The second kappa shape index (κ2) is 10.8. The van der Waals surface area contributed by atoms with Gasteiger partial charge in [0.1, 0.15) is 5.82 Å². The van der Waals surface area contributed by atoms with Crippen molar-refractivity contribution < 1.29 is 0 Å². The van der Waals surface area contributed by atoms with Gasteiger partial charge in [0.25, 0.3) is 0 Å². The Morgan fingerprint density at radius 2 is 0.783 bits per heavy atom. The fourth-order valence-corrected chi connectivity index (χ4v) is 6.80. The lowest BCUT2D eigenvalue weighted by Gasteiger charge is -2.13. The van der Waals surface area contributed by atoms with Crippen LogP contribution in [0.15, 0.2) is 176 Å². The van der Waals surface area contributed by atoms with Crippen LogP contribution in [-0.4, -0.2) is 14.1 Å². The lowest BCUT2D eigenvalue weighted by atomic mass is 9.98. The van der Waals surface area contributed by atoms with E-state index in [2.05, 4.69) is 173 Å². The molecular weight excluding hydrogens is 558 g/mol. The SMILES string of the molecule is c1ccc(-c2nc3ccccc3n2-c2cccc(-c3cccc(-c4cccc(-n5c6ccccc6c6ccccc65)c4)c3)c2)cc1. The number of fused-ring (bicyclic) bond motifs is 4. The van der Waals surface area contributed by atoms with Gasteiger partial charge in [0.05, 0.1) is 22.1 Å². The summed E-state index contributed by atoms with van der Waals surface area (Å²) in [6.07, 6.45) is 0. The normalized spacial score (nSPS) is 11.5. The van der Waals surface area contributed by atoms with Gasteiger partial charge in [-0.25, -0.2) is 4.98 Å². The maximum absolute atomic E-state index is 5.04. The predicted molar refractivity (Wildman–Crippen MR) is 192 cm³/mol. The Kier molecular flexibility index (Phi) is 6.14. The van der Waals surface area contributed by atoms with Gasteiger partial charge in [0, 0.05) is 27.7 Å². The third-order valence-corrected chi connectivity index (χ3v) is 8.91. The Morgan fingerprint density at radius 3 is 1.41 bits per heavy atom. The zero-order chi connectivity index (χ0) is 30.5. The van der Waals surface area contributed by atoms with Gasteiger partial charge in [-0.2, -0.15) is 0 Å². The molecule has 3 nitrogen and oxygen atoms in total. The van der Waals surface area contributed by atoms with E-state index < -0.39 is 0 Å². The summed E-state index contributed by atoms with van der Waals surface area (Å²) in [6, 6.07) is 62.6. The van der Waals surface area contributed by atoms with Crippen LogP contribution in [0, 0.1) is 0 Å². The van der Waals surface area contributed by atoms with Gasteiger partial charge >= 0.3 is 0 Å². The molecule has 9 aromatic rings. The summed E-state index contributed by atoms with van der Waals surface area (Å²) in [7, 11) is 0. The van der Waals surface area contributed by atoms with Crippen LogP contribution in [0.1, 0.15) is 0 Å². The molecule has 7 aromatic carbocycles. The first kappa shape index (κ1) is 26.2. The van der Waals surface area contributed by atoms with Gasteiger partial charge in [-0.3, -0.25) is 4.57 Å². The van der Waals surface area contributed by atoms with Crippen LogP contribution in [0.2, 0.25) is 0 Å². The van der Waals surface area contributed by atoms with Crippen molar-refractivity contribution in [2.45, 2.75) is 0 Å². The first-order valence-corrected chi connectivity index (χ1v) is 15.6. The third-order valence-electron chi connectivity index (χ3n) is 8.91. The molecule has 0 unspecified atom stereocenters. The monoisotopic (exact) mass is 587 g/mol. The minimum absolute atomic E-state index is 0.939. The van der Waals surface area contributed by atoms with Crippen molar-refractivity contribution in [3.8, 4) is 45.0 Å². The van der Waals surface area contributed by atoms with Crippen LogP contribution < -0.4 is 0 Å². The Morgan fingerprint density at radius 1 is 0.326 bits per heavy atom. The van der Waals surface area contributed by atoms with Gasteiger partial charge in [0.2, 0.25) is 0 Å². The van der Waals surface area contributed by atoms with Crippen LogP contribution >= 0.6 is 0 Å². The van der Waals surface area contributed by atoms with E-state index >= 15 is 0 Å². The van der Waals surface area contributed by atoms with E-state index in [1.165, 1.54) is 38.5 Å². The lowest BCUT2D eigenvalue weighted by Crippen LogP contribution is -1.98. The average Bonchev–Trinajstić information content (AvgIpc) is 3.69. The number of hydrogen-bond acceptors (Lipinski definition) is 1. The highest BCUT2D eigenvalue weighted by Gasteiger charge is 2.15. The van der Waals surface area contributed by atoms with E-state index in [1.54, 1.807) is 0 Å². The maximum Gasteiger partial charge on any atom is 0.145 e. The van der Waals surface area contributed by atoms with E-state index in [1.807, 2.05) is 12.1 Å². The third kappa shape index (κ3) is 4.33. The van der Waals surface area contributed by atoms with Gasteiger partial charge < -0.3 is 4.57 Å². The van der Waals surface area contributed by atoms with Crippen molar-refractivity contribution in [1.29, 1.82) is 0 Å². The minimum Gasteiger partial charge on any atom is -0.309 e. The number of para-hydroxylation sites is 4. The smallest absolute Gasteiger partial charge is 0.145 e. The van der Waals surface area contributed by atoms with Crippen molar-refractivity contribution in [3.05, 3.63) is 176 Å². The molecule has 0 bridgehead atoms. The molecule has 0 amide bonds. The summed E-state index contributed by atoms with van der Waals surface area (Å²) in [5.74, 6) is 0.939. The molecule has 46 heavy (non-hydrogen) atoms. The molecule has 0 radical (unpaired) electrons. The second-order valence-electron chi connectivity index (χ2n) is 11.7. The molecule has 0 N–H and O–H groups in total. The summed E-state index contributed by atoms with van der Waals surface area (Å²) < 4.78 is 4.65. The van der Waals surface area contributed by atoms with Crippen molar-refractivity contribution in [1.82, 2.24) is 14.1 Å². The number of imidazole rings is 1. The largest absolute Gasteiger partial charge is 0.309 e. The van der Waals surface area contributed by atoms with Gasteiger partial charge in [-0.05, 0) is 76.9 Å². The van der Waals surface area contributed by atoms with Crippen molar-refractivity contribution in [3.63, 3.8) is 0 Å². The minimum atomic E-state index is 0.939. The first-order chi connectivity index (χ1) is 22.8. The molecule has 3 heteroatoms. The molecule has 0 saturated carbocycles. The quantitative estimate of drug-likeness (QED) is 0.196. The first-order valence-electron chi connectivity index (χ1n) is 15.6. The molecule has 0 aliphatic rings. The molecule has 0 saturated heterocycles. The summed E-state index contributed by atoms with van der Waals surface area (Å²) >= 11 is 0. The van der Waals surface area contributed by atoms with E-state index in [4.69, 9.17) is 4.98 Å². The van der Waals surface area contributed by atoms with Gasteiger partial charge in [-0.1, -0.05) is 121 Å². The summed E-state index contributed by atoms with van der Waals surface area (Å²) in [5.41, 5.74) is 12.5. The molecular formula is C43H29N3. The van der Waals surface area contributed by atoms with E-state index in [0.717, 1.165) is 39.4 Å². The molecule has 0 atom stereocenters. The molecule has 0 fully saturated rings. The highest BCUT2D eigenvalue weighted by atomic mass is 15.1. The Labute approximate surface area is 267 Å². The number of nitrogens with zero attached hydrogens (tertiary/aromatic N) is 3. The summed E-state index contributed by atoms with van der Waals surface area (Å²) in [6.45, 7) is 0. The number of rotatable bonds is 5. The zero-order valence-electron chi connectivity index (χ0n) is 25.1. The zero-order valence-corrected chi connectivity index (χ0v) is 25.1. The van der Waals surface area contributed by atoms with Gasteiger partial charge in [0.15, 0.2) is 0 Å². The standard InChI is InChI=1S/C43H29N3/c1-2-13-30(14-3-1)43-44-39-23-6-9-26-42(39)46(43)36-20-12-18-34(29-36)32-16-10-15-31(27-32)33-17-11-19-35(28-33)45-40-24-7-4-21-37(40)38-22-5-8-25-41(38)45/h1-29H. The number of hydrogen-bond donors (Lipinski definition) is 0. The predicted octanol–water partition coefficient (Wildman–Crippen LogP) is 11.1. The Hall–Kier alpha value is -6.19. The van der Waals surface area contributed by atoms with Gasteiger partial charge in [-0.15, -0.1) is 0 Å². The molecule has 0 aliphatic heterocycles. The summed E-state index contributed by atoms with van der Waals surface area (Å²) in [5, 5.41) is 2.54. The molecule has 0 spiro atoms. The maximum atomic E-state index is 5.04. The van der Waals surface area contributed by atoms with Crippen LogP contribution in [0.25, 0.3) is 77.9 Å². The summed E-state index contributed by atoms with van der Waals surface area (Å²) in [4.78, 5) is 5.04. The molecule has 2 heterocycles. The topological polar surface area (TPSA) is 22.8 Å². The Bertz CT molecular complexity index is 2480. The highest BCUT2D eigenvalue weighted by molar-refractivity contribution is 6.09. The number of aromatic nitrogens is 3. The fourth-order valence-electron chi connectivity index (χ4n) is 6.80. The molecule has 0 aliphatic carbocycles. The van der Waals surface area contributed by atoms with Crippen LogP contribution in [0.3, 0.4) is 0 Å². The van der Waals surface area contributed by atoms with E-state index in [9.17, 15) is 0 Å². The van der Waals surface area contributed by atoms with E-state index in [-0.39, 0.29) is 0 Å².